The summed E-state index contributed by atoms with van der Waals surface area (Å²) in [6.45, 7) is 3.22. The fraction of sp³-hybridized carbons (Fsp3) is 0.818. The van der Waals surface area contributed by atoms with Gasteiger partial charge in [0, 0.05) is 43.6 Å². The first-order chi connectivity index (χ1) is 8.42. The maximum atomic E-state index is 5.33. The molecule has 0 aromatic carbocycles. The van der Waals surface area contributed by atoms with Gasteiger partial charge in [-0.25, -0.2) is 0 Å². The van der Waals surface area contributed by atoms with Crippen molar-refractivity contribution in [3.8, 4) is 0 Å². The molecule has 1 unspecified atom stereocenters. The Hall–Kier alpha value is -0.750. The number of nitrogens with one attached hydrogen (secondary N) is 1. The highest BCUT2D eigenvalue weighted by molar-refractivity contribution is 7.99. The van der Waals surface area contributed by atoms with Gasteiger partial charge in [-0.05, 0) is 18.0 Å². The molecule has 17 heavy (non-hydrogen) atoms. The summed E-state index contributed by atoms with van der Waals surface area (Å²) < 4.78 is 5.33. The highest BCUT2D eigenvalue weighted by Gasteiger charge is 2.20. The first kappa shape index (κ1) is 11.3. The van der Waals surface area contributed by atoms with Crippen LogP contribution < -0.4 is 10.2 Å². The van der Waals surface area contributed by atoms with Gasteiger partial charge in [0.25, 0.3) is 5.95 Å². The number of hydrogen-bond donors (Lipinski definition) is 1. The zero-order valence-electron chi connectivity index (χ0n) is 9.89. The van der Waals surface area contributed by atoms with Crippen molar-refractivity contribution in [1.29, 1.82) is 0 Å². The second-order valence-corrected chi connectivity index (χ2v) is 5.76. The van der Waals surface area contributed by atoms with Crippen molar-refractivity contribution in [1.82, 2.24) is 15.5 Å². The summed E-state index contributed by atoms with van der Waals surface area (Å²) in [5.41, 5.74) is 0. The summed E-state index contributed by atoms with van der Waals surface area (Å²) in [7, 11) is 0. The molecule has 0 saturated carbocycles. The van der Waals surface area contributed by atoms with Crippen molar-refractivity contribution in [2.24, 2.45) is 0 Å². The van der Waals surface area contributed by atoms with E-state index in [4.69, 9.17) is 4.52 Å². The van der Waals surface area contributed by atoms with E-state index in [1.165, 1.54) is 18.6 Å². The lowest BCUT2D eigenvalue weighted by molar-refractivity contribution is 0.362. The molecular formula is C11H18N4OS. The van der Waals surface area contributed by atoms with Crippen molar-refractivity contribution in [3.05, 3.63) is 5.89 Å². The lowest BCUT2D eigenvalue weighted by atomic mass is 10.2. The Morgan fingerprint density at radius 1 is 1.41 bits per heavy atom. The van der Waals surface area contributed by atoms with Gasteiger partial charge >= 0.3 is 0 Å². The smallest absolute Gasteiger partial charge is 0.266 e. The van der Waals surface area contributed by atoms with E-state index in [2.05, 4.69) is 20.4 Å². The number of thioether (sulfide) groups is 1. The molecule has 2 saturated heterocycles. The number of nitrogens with zero attached hydrogens (tertiary/aromatic N) is 3. The van der Waals surface area contributed by atoms with Crippen LogP contribution >= 0.6 is 11.8 Å². The zero-order valence-corrected chi connectivity index (χ0v) is 10.7. The Morgan fingerprint density at radius 2 is 2.29 bits per heavy atom. The lowest BCUT2D eigenvalue weighted by Crippen LogP contribution is -2.38. The Kier molecular flexibility index (Phi) is 3.51. The molecule has 0 spiro atoms. The molecule has 94 valence electrons. The van der Waals surface area contributed by atoms with E-state index in [-0.39, 0.29) is 0 Å². The zero-order chi connectivity index (χ0) is 11.5. The average Bonchev–Trinajstić information content (AvgIpc) is 3.00. The van der Waals surface area contributed by atoms with E-state index >= 15 is 0 Å². The van der Waals surface area contributed by atoms with E-state index in [1.54, 1.807) is 0 Å². The molecule has 1 atom stereocenters. The van der Waals surface area contributed by atoms with Crippen LogP contribution in [-0.4, -0.2) is 47.3 Å². The van der Waals surface area contributed by atoms with E-state index in [0.29, 0.717) is 6.04 Å². The molecule has 3 rings (SSSR count). The fourth-order valence-corrected chi connectivity index (χ4v) is 3.29. The third kappa shape index (κ3) is 2.74. The third-order valence-electron chi connectivity index (χ3n) is 3.27. The van der Waals surface area contributed by atoms with Gasteiger partial charge in [-0.15, -0.1) is 0 Å². The van der Waals surface area contributed by atoms with E-state index in [9.17, 15) is 0 Å². The van der Waals surface area contributed by atoms with Gasteiger partial charge in [0.15, 0.2) is 0 Å². The molecule has 1 aromatic rings. The molecule has 0 amide bonds. The van der Waals surface area contributed by atoms with Gasteiger partial charge in [-0.3, -0.25) is 0 Å². The van der Waals surface area contributed by atoms with Gasteiger partial charge in [-0.2, -0.15) is 16.7 Å². The summed E-state index contributed by atoms with van der Waals surface area (Å²) in [4.78, 5) is 6.69. The van der Waals surface area contributed by atoms with Crippen LogP contribution in [0.5, 0.6) is 0 Å². The average molecular weight is 254 g/mol. The van der Waals surface area contributed by atoms with Gasteiger partial charge in [0.1, 0.15) is 0 Å². The Labute approximate surface area is 105 Å². The molecule has 0 radical (unpaired) electrons. The number of hydrogen-bond acceptors (Lipinski definition) is 6. The molecule has 5 nitrogen and oxygen atoms in total. The molecule has 1 aromatic heterocycles. The van der Waals surface area contributed by atoms with Crippen molar-refractivity contribution in [3.63, 3.8) is 0 Å². The van der Waals surface area contributed by atoms with Gasteiger partial charge in [-0.1, -0.05) is 0 Å². The quantitative estimate of drug-likeness (QED) is 0.865. The molecule has 0 aliphatic carbocycles. The molecular weight excluding hydrogens is 236 g/mol. The van der Waals surface area contributed by atoms with E-state index < -0.39 is 0 Å². The molecule has 2 fully saturated rings. The van der Waals surface area contributed by atoms with Crippen LogP contribution in [0.3, 0.4) is 0 Å². The highest BCUT2D eigenvalue weighted by atomic mass is 32.2. The minimum Gasteiger partial charge on any atom is -0.338 e. The number of aromatic nitrogens is 2. The van der Waals surface area contributed by atoms with Crippen LogP contribution in [0, 0.1) is 0 Å². The molecule has 6 heteroatoms. The predicted octanol–water partition coefficient (Wildman–Crippen LogP) is 0.917. The standard InChI is InChI=1S/C11H18N4OS/c1-2-5-15(4-1)11-13-10(16-14-11)7-9-8-17-6-3-12-9/h9,12H,1-8H2. The van der Waals surface area contributed by atoms with Crippen molar-refractivity contribution in [2.45, 2.75) is 25.3 Å². The SMILES string of the molecule is C1CCN(c2noc(CC3CSCCN3)n2)C1. The van der Waals surface area contributed by atoms with Crippen LogP contribution in [0.2, 0.25) is 0 Å². The van der Waals surface area contributed by atoms with Gasteiger partial charge in [0.05, 0.1) is 0 Å². The summed E-state index contributed by atoms with van der Waals surface area (Å²) in [6, 6.07) is 0.487. The van der Waals surface area contributed by atoms with Crippen LogP contribution in [0.1, 0.15) is 18.7 Å². The van der Waals surface area contributed by atoms with Gasteiger partial charge < -0.3 is 14.7 Å². The van der Waals surface area contributed by atoms with Crippen molar-refractivity contribution < 1.29 is 4.52 Å². The topological polar surface area (TPSA) is 54.2 Å². The molecule has 3 heterocycles. The fourth-order valence-electron chi connectivity index (χ4n) is 2.34. The molecule has 1 N–H and O–H groups in total. The van der Waals surface area contributed by atoms with Gasteiger partial charge in [0.2, 0.25) is 5.89 Å². The Bertz CT molecular complexity index is 358. The van der Waals surface area contributed by atoms with Crippen LogP contribution in [0.4, 0.5) is 5.95 Å². The second kappa shape index (κ2) is 5.27. The second-order valence-electron chi connectivity index (χ2n) is 4.61. The van der Waals surface area contributed by atoms with Crippen molar-refractivity contribution >= 4 is 17.7 Å². The van der Waals surface area contributed by atoms with Crippen LogP contribution in [0.25, 0.3) is 0 Å². The maximum Gasteiger partial charge on any atom is 0.266 e. The monoisotopic (exact) mass is 254 g/mol. The summed E-state index contributed by atoms with van der Waals surface area (Å²) in [6.07, 6.45) is 3.34. The van der Waals surface area contributed by atoms with E-state index in [1.807, 2.05) is 11.8 Å². The minimum atomic E-state index is 0.487. The summed E-state index contributed by atoms with van der Waals surface area (Å²) >= 11 is 1.99. The van der Waals surface area contributed by atoms with Crippen LogP contribution in [-0.2, 0) is 6.42 Å². The lowest BCUT2D eigenvalue weighted by Gasteiger charge is -2.21. The van der Waals surface area contributed by atoms with E-state index in [0.717, 1.165) is 43.6 Å². The summed E-state index contributed by atoms with van der Waals surface area (Å²) in [5.74, 6) is 3.90. The molecule has 0 bridgehead atoms. The molecule has 2 aliphatic heterocycles. The third-order valence-corrected chi connectivity index (χ3v) is 4.40. The molecule has 2 aliphatic rings. The largest absolute Gasteiger partial charge is 0.338 e. The number of rotatable bonds is 3. The first-order valence-electron chi connectivity index (χ1n) is 6.30. The first-order valence-corrected chi connectivity index (χ1v) is 7.46. The number of anilines is 1. The van der Waals surface area contributed by atoms with Crippen molar-refractivity contribution in [2.75, 3.05) is 36.0 Å². The Morgan fingerprint density at radius 3 is 3.06 bits per heavy atom. The predicted molar refractivity (Wildman–Crippen MR) is 68.6 cm³/mol. The Balaban J connectivity index is 1.59. The normalized spacial score (nSPS) is 25.4. The summed E-state index contributed by atoms with van der Waals surface area (Å²) in [5, 5.41) is 7.55. The van der Waals surface area contributed by atoms with Crippen LogP contribution in [0.15, 0.2) is 4.52 Å². The minimum absolute atomic E-state index is 0.487. The maximum absolute atomic E-state index is 5.33. The highest BCUT2D eigenvalue weighted by Crippen LogP contribution is 2.18.